The molecular formula is C23H24N3O2S+. The van der Waals surface area contributed by atoms with Crippen LogP contribution in [0.25, 0.3) is 0 Å². The van der Waals surface area contributed by atoms with Crippen LogP contribution in [-0.2, 0) is 9.59 Å². The molecule has 0 radical (unpaired) electrons. The van der Waals surface area contributed by atoms with Crippen LogP contribution < -0.4 is 15.5 Å². The van der Waals surface area contributed by atoms with Gasteiger partial charge >= 0.3 is 0 Å². The molecule has 0 bridgehead atoms. The molecule has 2 atom stereocenters. The monoisotopic (exact) mass is 406 g/mol. The van der Waals surface area contributed by atoms with E-state index in [-0.39, 0.29) is 30.3 Å². The van der Waals surface area contributed by atoms with Crippen molar-refractivity contribution >= 4 is 34.5 Å². The largest absolute Gasteiger partial charge is 0.328 e. The molecule has 0 spiro atoms. The highest BCUT2D eigenvalue weighted by Gasteiger charge is 2.31. The maximum atomic E-state index is 13.3. The van der Waals surface area contributed by atoms with Gasteiger partial charge in [-0.2, -0.15) is 0 Å². The first-order chi connectivity index (χ1) is 14.1. The van der Waals surface area contributed by atoms with Gasteiger partial charge in [-0.05, 0) is 30.5 Å². The van der Waals surface area contributed by atoms with Gasteiger partial charge in [0.2, 0.25) is 5.91 Å². The van der Waals surface area contributed by atoms with E-state index in [1.54, 1.807) is 16.2 Å². The number of thiophene rings is 1. The van der Waals surface area contributed by atoms with Gasteiger partial charge in [0, 0.05) is 18.0 Å². The van der Waals surface area contributed by atoms with Crippen molar-refractivity contribution in [3.63, 3.8) is 0 Å². The number of nitrogens with two attached hydrogens (primary N) is 1. The summed E-state index contributed by atoms with van der Waals surface area (Å²) < 4.78 is 0. The maximum Gasteiger partial charge on any atom is 0.282 e. The Kier molecular flexibility index (Phi) is 5.74. The molecule has 0 aliphatic carbocycles. The van der Waals surface area contributed by atoms with Gasteiger partial charge in [0.25, 0.3) is 5.91 Å². The Morgan fingerprint density at radius 3 is 2.66 bits per heavy atom. The van der Waals surface area contributed by atoms with Crippen molar-refractivity contribution in [1.82, 2.24) is 0 Å². The van der Waals surface area contributed by atoms with E-state index in [1.165, 1.54) is 10.4 Å². The molecule has 148 valence electrons. The number of carbonyl (C=O) groups is 2. The number of nitrogens with one attached hydrogen (secondary N) is 1. The molecule has 3 aromatic rings. The van der Waals surface area contributed by atoms with Gasteiger partial charge in [0.1, 0.15) is 6.04 Å². The van der Waals surface area contributed by atoms with Crippen LogP contribution in [0.2, 0.25) is 0 Å². The molecule has 3 N–H and O–H groups in total. The van der Waals surface area contributed by atoms with E-state index in [0.29, 0.717) is 12.2 Å². The van der Waals surface area contributed by atoms with E-state index in [0.717, 1.165) is 5.69 Å². The molecule has 4 rings (SSSR count). The van der Waals surface area contributed by atoms with Crippen LogP contribution in [-0.4, -0.2) is 24.4 Å². The summed E-state index contributed by atoms with van der Waals surface area (Å²) in [5.74, 6) is -0.0658. The fourth-order valence-corrected chi connectivity index (χ4v) is 4.68. The lowest BCUT2D eigenvalue weighted by atomic mass is 10.1. The minimum atomic E-state index is -0.198. The molecule has 6 heteroatoms. The number of nitrogens with zero attached hydrogens (tertiary/aromatic N) is 1. The van der Waals surface area contributed by atoms with Crippen LogP contribution in [0, 0.1) is 0 Å². The molecule has 0 saturated heterocycles. The van der Waals surface area contributed by atoms with Gasteiger partial charge in [-0.3, -0.25) is 9.59 Å². The number of hydrogen-bond donors (Lipinski definition) is 2. The summed E-state index contributed by atoms with van der Waals surface area (Å²) in [5.41, 5.74) is 2.62. The minimum absolute atomic E-state index is 0.000984. The summed E-state index contributed by atoms with van der Waals surface area (Å²) in [4.78, 5) is 28.4. The second kappa shape index (κ2) is 8.59. The van der Waals surface area contributed by atoms with Crippen molar-refractivity contribution in [2.75, 3.05) is 16.8 Å². The summed E-state index contributed by atoms with van der Waals surface area (Å²) in [6.07, 6.45) is 0.285. The van der Waals surface area contributed by atoms with E-state index in [1.807, 2.05) is 55.5 Å². The Labute approximate surface area is 174 Å². The molecule has 1 aliphatic rings. The lowest BCUT2D eigenvalue weighted by Gasteiger charge is -2.27. The van der Waals surface area contributed by atoms with Crippen molar-refractivity contribution in [1.29, 1.82) is 0 Å². The van der Waals surface area contributed by atoms with Gasteiger partial charge in [-0.15, -0.1) is 11.3 Å². The van der Waals surface area contributed by atoms with Crippen molar-refractivity contribution in [3.05, 3.63) is 82.6 Å². The van der Waals surface area contributed by atoms with Crippen LogP contribution in [0.3, 0.4) is 0 Å². The highest BCUT2D eigenvalue weighted by molar-refractivity contribution is 7.10. The third-order valence-electron chi connectivity index (χ3n) is 5.16. The lowest BCUT2D eigenvalue weighted by Crippen LogP contribution is -2.88. The standard InChI is InChI=1S/C23H23N3O2S/c1-16-14-21(27)25-18-10-5-6-11-19(18)26(16)22(28)15-24-23(20-12-7-13-29-20)17-8-3-2-4-9-17/h2-13,16,23-24H,14-15H2,1H3,(H,25,27)/p+1/t16-,23-/m1/s1. The quantitative estimate of drug-likeness (QED) is 0.684. The molecule has 1 aromatic heterocycles. The summed E-state index contributed by atoms with van der Waals surface area (Å²) >= 11 is 1.70. The van der Waals surface area contributed by atoms with Gasteiger partial charge in [-0.1, -0.05) is 48.5 Å². The first-order valence-corrected chi connectivity index (χ1v) is 10.6. The number of carbonyl (C=O) groups excluding carboxylic acids is 2. The van der Waals surface area contributed by atoms with Crippen molar-refractivity contribution in [2.24, 2.45) is 0 Å². The number of quaternary nitrogens is 1. The van der Waals surface area contributed by atoms with E-state index >= 15 is 0 Å². The second-order valence-corrected chi connectivity index (χ2v) is 8.21. The van der Waals surface area contributed by atoms with E-state index in [4.69, 9.17) is 0 Å². The number of para-hydroxylation sites is 2. The fourth-order valence-electron chi connectivity index (χ4n) is 3.83. The van der Waals surface area contributed by atoms with Crippen molar-refractivity contribution < 1.29 is 14.9 Å². The lowest BCUT2D eigenvalue weighted by molar-refractivity contribution is -0.676. The third kappa shape index (κ3) is 4.23. The summed E-state index contributed by atoms with van der Waals surface area (Å²) in [6, 6.07) is 21.7. The SMILES string of the molecule is C[C@@H]1CC(=O)Nc2ccccc2N1C(=O)C[NH2+][C@H](c1ccccc1)c1cccs1. The molecule has 1 aliphatic heterocycles. The predicted octanol–water partition coefficient (Wildman–Crippen LogP) is 3.16. The summed E-state index contributed by atoms with van der Waals surface area (Å²) in [5, 5.41) is 7.05. The average molecular weight is 407 g/mol. The highest BCUT2D eigenvalue weighted by Crippen LogP contribution is 2.31. The third-order valence-corrected chi connectivity index (χ3v) is 6.12. The van der Waals surface area contributed by atoms with Crippen LogP contribution in [0.4, 0.5) is 11.4 Å². The Hall–Kier alpha value is -2.96. The molecule has 0 saturated carbocycles. The molecule has 2 heterocycles. The van der Waals surface area contributed by atoms with Gasteiger partial charge in [0.15, 0.2) is 6.54 Å². The molecule has 29 heavy (non-hydrogen) atoms. The van der Waals surface area contributed by atoms with Gasteiger partial charge in [0.05, 0.1) is 16.3 Å². The number of rotatable bonds is 5. The zero-order valence-corrected chi connectivity index (χ0v) is 17.1. The number of anilines is 2. The maximum absolute atomic E-state index is 13.3. The average Bonchev–Trinajstić information content (AvgIpc) is 3.20. The number of fused-ring (bicyclic) bond motifs is 1. The van der Waals surface area contributed by atoms with Gasteiger partial charge < -0.3 is 15.5 Å². The molecule has 2 amide bonds. The topological polar surface area (TPSA) is 66.0 Å². The van der Waals surface area contributed by atoms with Crippen LogP contribution in [0.15, 0.2) is 72.1 Å². The van der Waals surface area contributed by atoms with E-state index in [9.17, 15) is 9.59 Å². The fraction of sp³-hybridized carbons (Fsp3) is 0.217. The normalized spacial score (nSPS) is 17.2. The number of benzene rings is 2. The molecular weight excluding hydrogens is 382 g/mol. The summed E-state index contributed by atoms with van der Waals surface area (Å²) in [7, 11) is 0. The zero-order chi connectivity index (χ0) is 20.2. The Balaban J connectivity index is 1.57. The summed E-state index contributed by atoms with van der Waals surface area (Å²) in [6.45, 7) is 2.22. The van der Waals surface area contributed by atoms with Crippen LogP contribution in [0.5, 0.6) is 0 Å². The Morgan fingerprint density at radius 1 is 1.14 bits per heavy atom. The van der Waals surface area contributed by atoms with Crippen LogP contribution >= 0.6 is 11.3 Å². The zero-order valence-electron chi connectivity index (χ0n) is 16.2. The van der Waals surface area contributed by atoms with Crippen molar-refractivity contribution in [2.45, 2.75) is 25.4 Å². The van der Waals surface area contributed by atoms with E-state index < -0.39 is 0 Å². The first kappa shape index (κ1) is 19.4. The number of hydrogen-bond acceptors (Lipinski definition) is 3. The smallest absolute Gasteiger partial charge is 0.282 e. The van der Waals surface area contributed by atoms with Crippen molar-refractivity contribution in [3.8, 4) is 0 Å². The Morgan fingerprint density at radius 2 is 1.90 bits per heavy atom. The number of amides is 2. The molecule has 5 nitrogen and oxygen atoms in total. The predicted molar refractivity (Wildman–Crippen MR) is 116 cm³/mol. The Bertz CT molecular complexity index is 988. The highest BCUT2D eigenvalue weighted by atomic mass is 32.1. The van der Waals surface area contributed by atoms with Gasteiger partial charge in [-0.25, -0.2) is 0 Å². The van der Waals surface area contributed by atoms with Crippen LogP contribution in [0.1, 0.15) is 29.8 Å². The molecule has 0 unspecified atom stereocenters. The second-order valence-electron chi connectivity index (χ2n) is 7.23. The molecule has 2 aromatic carbocycles. The van der Waals surface area contributed by atoms with E-state index in [2.05, 4.69) is 34.2 Å². The molecule has 0 fully saturated rings. The minimum Gasteiger partial charge on any atom is -0.328 e. The first-order valence-electron chi connectivity index (χ1n) is 9.76.